The van der Waals surface area contributed by atoms with Crippen molar-refractivity contribution in [1.29, 1.82) is 0 Å². The predicted molar refractivity (Wildman–Crippen MR) is 86.2 cm³/mol. The molecule has 0 radical (unpaired) electrons. The van der Waals surface area contributed by atoms with Crippen molar-refractivity contribution >= 4 is 5.91 Å². The van der Waals surface area contributed by atoms with E-state index in [2.05, 4.69) is 5.32 Å². The van der Waals surface area contributed by atoms with Gasteiger partial charge in [-0.15, -0.1) is 0 Å². The van der Waals surface area contributed by atoms with Crippen LogP contribution >= 0.6 is 0 Å². The maximum absolute atomic E-state index is 13.3. The molecule has 1 aliphatic carbocycles. The zero-order valence-corrected chi connectivity index (χ0v) is 13.7. The first-order valence-corrected chi connectivity index (χ1v) is 8.67. The van der Waals surface area contributed by atoms with Crippen LogP contribution in [-0.4, -0.2) is 40.6 Å². The van der Waals surface area contributed by atoms with Gasteiger partial charge in [0, 0.05) is 25.7 Å². The third-order valence-electron chi connectivity index (χ3n) is 5.10. The molecule has 6 heteroatoms. The summed E-state index contributed by atoms with van der Waals surface area (Å²) >= 11 is 0. The van der Waals surface area contributed by atoms with E-state index in [1.807, 2.05) is 0 Å². The van der Waals surface area contributed by atoms with Crippen LogP contribution in [0.4, 0.5) is 8.78 Å². The van der Waals surface area contributed by atoms with Gasteiger partial charge in [-0.1, -0.05) is 18.9 Å². The summed E-state index contributed by atoms with van der Waals surface area (Å²) in [6.45, 7) is 0.954. The van der Waals surface area contributed by atoms with E-state index in [0.29, 0.717) is 31.0 Å². The molecule has 1 saturated heterocycles. The van der Waals surface area contributed by atoms with Crippen LogP contribution in [0.5, 0.6) is 0 Å². The molecule has 4 nitrogen and oxygen atoms in total. The third-order valence-corrected chi connectivity index (χ3v) is 5.10. The highest BCUT2D eigenvalue weighted by molar-refractivity contribution is 5.86. The highest BCUT2D eigenvalue weighted by atomic mass is 19.2. The van der Waals surface area contributed by atoms with Crippen molar-refractivity contribution in [3.05, 3.63) is 35.4 Å². The van der Waals surface area contributed by atoms with Crippen LogP contribution in [0.15, 0.2) is 18.2 Å². The Kier molecular flexibility index (Phi) is 5.15. The van der Waals surface area contributed by atoms with Crippen LogP contribution in [0.3, 0.4) is 0 Å². The van der Waals surface area contributed by atoms with Crippen molar-refractivity contribution in [2.45, 2.75) is 56.7 Å². The zero-order chi connectivity index (χ0) is 17.2. The van der Waals surface area contributed by atoms with E-state index in [0.717, 1.165) is 25.0 Å². The maximum atomic E-state index is 13.3. The van der Waals surface area contributed by atoms with Crippen molar-refractivity contribution < 1.29 is 18.7 Å². The SMILES string of the molecule is O=C1N(Cc2ccc(F)c(F)c2)CCCC1(O)CNC1CCCC1. The Hall–Kier alpha value is -1.53. The highest BCUT2D eigenvalue weighted by Gasteiger charge is 2.42. The standard InChI is InChI=1S/C18H24F2N2O2/c19-15-7-6-13(10-16(15)20)11-22-9-3-8-18(24,17(22)23)12-21-14-4-1-2-5-14/h6-7,10,14,21,24H,1-5,8-9,11-12H2. The zero-order valence-electron chi connectivity index (χ0n) is 13.7. The molecule has 2 fully saturated rings. The fraction of sp³-hybridized carbons (Fsp3) is 0.611. The second-order valence-corrected chi connectivity index (χ2v) is 6.97. The average Bonchev–Trinajstić information content (AvgIpc) is 3.07. The summed E-state index contributed by atoms with van der Waals surface area (Å²) in [7, 11) is 0. The smallest absolute Gasteiger partial charge is 0.256 e. The summed E-state index contributed by atoms with van der Waals surface area (Å²) in [4.78, 5) is 14.2. The van der Waals surface area contributed by atoms with Gasteiger partial charge in [0.2, 0.25) is 0 Å². The van der Waals surface area contributed by atoms with Crippen molar-refractivity contribution in [3.8, 4) is 0 Å². The van der Waals surface area contributed by atoms with Gasteiger partial charge in [-0.2, -0.15) is 0 Å². The summed E-state index contributed by atoms with van der Waals surface area (Å²) in [5.74, 6) is -2.15. The summed E-state index contributed by atoms with van der Waals surface area (Å²) in [6.07, 6.45) is 5.67. The van der Waals surface area contributed by atoms with Gasteiger partial charge < -0.3 is 15.3 Å². The van der Waals surface area contributed by atoms with Crippen LogP contribution in [-0.2, 0) is 11.3 Å². The quantitative estimate of drug-likeness (QED) is 0.867. The average molecular weight is 338 g/mol. The normalized spacial score (nSPS) is 25.5. The Labute approximate surface area is 140 Å². The lowest BCUT2D eigenvalue weighted by Gasteiger charge is -2.39. The summed E-state index contributed by atoms with van der Waals surface area (Å²) in [6, 6.07) is 4.01. The van der Waals surface area contributed by atoms with Gasteiger partial charge in [0.1, 0.15) is 0 Å². The van der Waals surface area contributed by atoms with Crippen molar-refractivity contribution in [1.82, 2.24) is 10.2 Å². The lowest BCUT2D eigenvalue weighted by Crippen LogP contribution is -2.58. The number of nitrogens with one attached hydrogen (secondary N) is 1. The first kappa shape index (κ1) is 17.3. The van der Waals surface area contributed by atoms with Crippen LogP contribution in [0.25, 0.3) is 0 Å². The monoisotopic (exact) mass is 338 g/mol. The van der Waals surface area contributed by atoms with Gasteiger partial charge in [0.05, 0.1) is 0 Å². The van der Waals surface area contributed by atoms with Gasteiger partial charge in [-0.25, -0.2) is 8.78 Å². The topological polar surface area (TPSA) is 52.6 Å². The fourth-order valence-electron chi connectivity index (χ4n) is 3.68. The molecular formula is C18H24F2N2O2. The molecule has 1 aliphatic heterocycles. The largest absolute Gasteiger partial charge is 0.379 e. The molecule has 2 aliphatic rings. The number of halogens is 2. The fourth-order valence-corrected chi connectivity index (χ4v) is 3.68. The molecule has 1 unspecified atom stereocenters. The molecule has 0 aromatic heterocycles. The summed E-state index contributed by atoms with van der Waals surface area (Å²) in [5.41, 5.74) is -0.880. The lowest BCUT2D eigenvalue weighted by molar-refractivity contribution is -0.157. The summed E-state index contributed by atoms with van der Waals surface area (Å²) < 4.78 is 26.4. The molecule has 0 bridgehead atoms. The Bertz CT molecular complexity index is 605. The van der Waals surface area contributed by atoms with E-state index in [1.165, 1.54) is 23.8 Å². The molecule has 24 heavy (non-hydrogen) atoms. The van der Waals surface area contributed by atoms with E-state index >= 15 is 0 Å². The van der Waals surface area contributed by atoms with E-state index in [1.54, 1.807) is 0 Å². The van der Waals surface area contributed by atoms with Gasteiger partial charge >= 0.3 is 0 Å². The molecule has 132 valence electrons. The first-order chi connectivity index (χ1) is 11.5. The Morgan fingerprint density at radius 2 is 1.96 bits per heavy atom. The number of piperidine rings is 1. The molecule has 2 N–H and O–H groups in total. The third kappa shape index (κ3) is 3.75. The van der Waals surface area contributed by atoms with Gasteiger partial charge in [0.25, 0.3) is 5.91 Å². The van der Waals surface area contributed by atoms with E-state index in [-0.39, 0.29) is 19.0 Å². The van der Waals surface area contributed by atoms with Crippen LogP contribution in [0.1, 0.15) is 44.1 Å². The van der Waals surface area contributed by atoms with Crippen LogP contribution < -0.4 is 5.32 Å². The molecule has 1 aromatic carbocycles. The number of amides is 1. The number of hydrogen-bond acceptors (Lipinski definition) is 3. The molecule has 1 atom stereocenters. The van der Waals surface area contributed by atoms with Gasteiger partial charge in [-0.05, 0) is 43.4 Å². The van der Waals surface area contributed by atoms with Crippen molar-refractivity contribution in [2.24, 2.45) is 0 Å². The second-order valence-electron chi connectivity index (χ2n) is 6.97. The number of nitrogens with zero attached hydrogens (tertiary/aromatic N) is 1. The number of rotatable bonds is 5. The molecule has 0 spiro atoms. The molecule has 1 aromatic rings. The highest BCUT2D eigenvalue weighted by Crippen LogP contribution is 2.25. The van der Waals surface area contributed by atoms with Crippen molar-refractivity contribution in [2.75, 3.05) is 13.1 Å². The van der Waals surface area contributed by atoms with Crippen molar-refractivity contribution in [3.63, 3.8) is 0 Å². The predicted octanol–water partition coefficient (Wildman–Crippen LogP) is 2.35. The van der Waals surface area contributed by atoms with E-state index < -0.39 is 17.2 Å². The Balaban J connectivity index is 1.63. The van der Waals surface area contributed by atoms with E-state index in [9.17, 15) is 18.7 Å². The number of carbonyl (C=O) groups excluding carboxylic acids is 1. The number of benzene rings is 1. The Morgan fingerprint density at radius 1 is 1.21 bits per heavy atom. The molecule has 1 heterocycles. The van der Waals surface area contributed by atoms with Crippen LogP contribution in [0.2, 0.25) is 0 Å². The number of hydrogen-bond donors (Lipinski definition) is 2. The number of carbonyl (C=O) groups is 1. The first-order valence-electron chi connectivity index (χ1n) is 8.67. The minimum Gasteiger partial charge on any atom is -0.379 e. The number of aliphatic hydroxyl groups is 1. The lowest BCUT2D eigenvalue weighted by atomic mass is 9.91. The number of likely N-dealkylation sites (tertiary alicyclic amines) is 1. The minimum atomic E-state index is -1.40. The molecule has 1 saturated carbocycles. The molecular weight excluding hydrogens is 314 g/mol. The maximum Gasteiger partial charge on any atom is 0.256 e. The van der Waals surface area contributed by atoms with Gasteiger partial charge in [0.15, 0.2) is 17.2 Å². The Morgan fingerprint density at radius 3 is 2.67 bits per heavy atom. The second kappa shape index (κ2) is 7.15. The van der Waals surface area contributed by atoms with E-state index in [4.69, 9.17) is 0 Å². The molecule has 1 amide bonds. The van der Waals surface area contributed by atoms with Crippen LogP contribution in [0, 0.1) is 11.6 Å². The van der Waals surface area contributed by atoms with Gasteiger partial charge in [-0.3, -0.25) is 4.79 Å². The minimum absolute atomic E-state index is 0.182. The molecule has 3 rings (SSSR count). The summed E-state index contributed by atoms with van der Waals surface area (Å²) in [5, 5.41) is 14.1.